The van der Waals surface area contributed by atoms with Gasteiger partial charge in [-0.15, -0.1) is 11.8 Å². The highest BCUT2D eigenvalue weighted by molar-refractivity contribution is 7.98. The maximum atomic E-state index is 12.1. The summed E-state index contributed by atoms with van der Waals surface area (Å²) in [6.07, 6.45) is 2.65. The van der Waals surface area contributed by atoms with Gasteiger partial charge in [-0.25, -0.2) is 4.98 Å². The summed E-state index contributed by atoms with van der Waals surface area (Å²) >= 11 is 1.71. The highest BCUT2D eigenvalue weighted by atomic mass is 32.2. The maximum absolute atomic E-state index is 12.1. The van der Waals surface area contributed by atoms with Crippen molar-refractivity contribution in [2.75, 3.05) is 6.26 Å². The molecule has 0 bridgehead atoms. The molecule has 2 heterocycles. The number of thioether (sulfide) groups is 1. The zero-order valence-electron chi connectivity index (χ0n) is 12.8. The molecule has 3 rings (SSSR count). The molecule has 0 unspecified atom stereocenters. The third kappa shape index (κ3) is 2.78. The van der Waals surface area contributed by atoms with Gasteiger partial charge in [0.05, 0.1) is 5.69 Å². The molecule has 0 aliphatic carbocycles. The molecule has 0 fully saturated rings. The number of nitrogens with one attached hydrogen (secondary N) is 2. The largest absolute Gasteiger partial charge is 0.308 e. The normalized spacial score (nSPS) is 11.5. The number of H-pyrrole nitrogens is 2. The molecule has 22 heavy (non-hydrogen) atoms. The highest BCUT2D eigenvalue weighted by Gasteiger charge is 2.14. The number of aromatic nitrogens is 4. The molecule has 0 amide bonds. The van der Waals surface area contributed by atoms with Crippen LogP contribution in [-0.4, -0.2) is 26.4 Å². The van der Waals surface area contributed by atoms with Gasteiger partial charge in [-0.05, 0) is 29.9 Å². The molecule has 2 N–H and O–H groups in total. The summed E-state index contributed by atoms with van der Waals surface area (Å²) in [5.74, 6) is 0.908. The Labute approximate surface area is 132 Å². The maximum Gasteiger partial charge on any atom is 0.279 e. The second-order valence-corrected chi connectivity index (χ2v) is 6.41. The van der Waals surface area contributed by atoms with Crippen molar-refractivity contribution >= 4 is 22.8 Å². The highest BCUT2D eigenvalue weighted by Crippen LogP contribution is 2.20. The van der Waals surface area contributed by atoms with E-state index in [0.29, 0.717) is 23.3 Å². The molecule has 6 heteroatoms. The lowest BCUT2D eigenvalue weighted by atomic mass is 10.1. The van der Waals surface area contributed by atoms with Crippen LogP contribution in [0.25, 0.3) is 11.0 Å². The summed E-state index contributed by atoms with van der Waals surface area (Å²) in [4.78, 5) is 20.8. The van der Waals surface area contributed by atoms with Gasteiger partial charge in [0.15, 0.2) is 5.52 Å². The van der Waals surface area contributed by atoms with Gasteiger partial charge in [-0.3, -0.25) is 9.89 Å². The van der Waals surface area contributed by atoms with Gasteiger partial charge >= 0.3 is 0 Å². The Hall–Kier alpha value is -2.08. The van der Waals surface area contributed by atoms with Gasteiger partial charge in [0.1, 0.15) is 11.3 Å². The van der Waals surface area contributed by atoms with Crippen LogP contribution in [0.4, 0.5) is 0 Å². The average Bonchev–Trinajstić information content (AvgIpc) is 2.92. The molecular weight excluding hydrogens is 296 g/mol. The smallest absolute Gasteiger partial charge is 0.279 e. The number of aromatic amines is 2. The molecule has 0 radical (unpaired) electrons. The van der Waals surface area contributed by atoms with Crippen LogP contribution >= 0.6 is 11.8 Å². The van der Waals surface area contributed by atoms with Crippen molar-refractivity contribution in [3.63, 3.8) is 0 Å². The predicted molar refractivity (Wildman–Crippen MR) is 89.6 cm³/mol. The monoisotopic (exact) mass is 314 g/mol. The topological polar surface area (TPSA) is 74.4 Å². The quantitative estimate of drug-likeness (QED) is 0.726. The molecule has 1 aromatic carbocycles. The molecule has 0 saturated heterocycles. The second kappa shape index (κ2) is 5.96. The van der Waals surface area contributed by atoms with Crippen LogP contribution in [0.15, 0.2) is 34.0 Å². The zero-order chi connectivity index (χ0) is 15.7. The summed E-state index contributed by atoms with van der Waals surface area (Å²) in [6.45, 7) is 4.10. The minimum absolute atomic E-state index is 0.191. The van der Waals surface area contributed by atoms with E-state index in [1.54, 1.807) is 11.8 Å². The third-order valence-corrected chi connectivity index (χ3v) is 4.34. The van der Waals surface area contributed by atoms with E-state index in [1.807, 2.05) is 6.26 Å². The van der Waals surface area contributed by atoms with Crippen molar-refractivity contribution in [2.24, 2.45) is 0 Å². The zero-order valence-corrected chi connectivity index (χ0v) is 13.6. The number of hydrogen-bond donors (Lipinski definition) is 2. The van der Waals surface area contributed by atoms with Crippen LogP contribution in [0, 0.1) is 0 Å². The Morgan fingerprint density at radius 1 is 1.18 bits per heavy atom. The van der Waals surface area contributed by atoms with E-state index in [1.165, 1.54) is 4.90 Å². The van der Waals surface area contributed by atoms with Gasteiger partial charge in [-0.1, -0.05) is 26.0 Å². The first-order valence-electron chi connectivity index (χ1n) is 7.18. The Morgan fingerprint density at radius 3 is 2.55 bits per heavy atom. The van der Waals surface area contributed by atoms with Crippen LogP contribution in [0.2, 0.25) is 0 Å². The first-order chi connectivity index (χ1) is 10.6. The van der Waals surface area contributed by atoms with Crippen molar-refractivity contribution in [2.45, 2.75) is 31.1 Å². The van der Waals surface area contributed by atoms with E-state index < -0.39 is 0 Å². The summed E-state index contributed by atoms with van der Waals surface area (Å²) in [6, 6.07) is 8.28. The summed E-state index contributed by atoms with van der Waals surface area (Å²) in [5, 5.41) is 7.00. The Bertz CT molecular complexity index is 849. The van der Waals surface area contributed by atoms with E-state index in [0.717, 1.165) is 11.3 Å². The van der Waals surface area contributed by atoms with Crippen LogP contribution in [-0.2, 0) is 6.42 Å². The molecule has 0 spiro atoms. The van der Waals surface area contributed by atoms with Crippen LogP contribution in [0.1, 0.15) is 36.8 Å². The lowest BCUT2D eigenvalue weighted by Crippen LogP contribution is -2.12. The standard InChI is InChI=1S/C16H18N4OS/c1-9(2)13-14-15(20-19-13)16(21)18-12(17-14)8-10-4-6-11(22-3)7-5-10/h4-7,9H,8H2,1-3H3,(H,19,20)(H,17,18,21). The number of benzene rings is 1. The average molecular weight is 314 g/mol. The predicted octanol–water partition coefficient (Wildman–Crippen LogP) is 3.08. The number of rotatable bonds is 4. The SMILES string of the molecule is CSc1ccc(Cc2nc3c(C(C)C)[nH]nc3c(=O)[nH]2)cc1. The minimum Gasteiger partial charge on any atom is -0.308 e. The van der Waals surface area contributed by atoms with Gasteiger partial charge in [0.25, 0.3) is 5.56 Å². The van der Waals surface area contributed by atoms with Gasteiger partial charge < -0.3 is 4.98 Å². The van der Waals surface area contributed by atoms with E-state index >= 15 is 0 Å². The number of fused-ring (bicyclic) bond motifs is 1. The van der Waals surface area contributed by atoms with Gasteiger partial charge in [0.2, 0.25) is 0 Å². The van der Waals surface area contributed by atoms with Crippen molar-refractivity contribution in [1.82, 2.24) is 20.2 Å². The lowest BCUT2D eigenvalue weighted by Gasteiger charge is -2.04. The van der Waals surface area contributed by atoms with Crippen molar-refractivity contribution in [3.05, 3.63) is 51.7 Å². The molecule has 0 aliphatic heterocycles. The number of nitrogens with zero attached hydrogens (tertiary/aromatic N) is 2. The van der Waals surface area contributed by atoms with Crippen LogP contribution in [0.3, 0.4) is 0 Å². The summed E-state index contributed by atoms with van der Waals surface area (Å²) in [7, 11) is 0. The fraction of sp³-hybridized carbons (Fsp3) is 0.312. The van der Waals surface area contributed by atoms with E-state index in [9.17, 15) is 4.79 Å². The molecule has 2 aromatic heterocycles. The minimum atomic E-state index is -0.191. The lowest BCUT2D eigenvalue weighted by molar-refractivity contribution is 0.814. The Balaban J connectivity index is 1.99. The van der Waals surface area contributed by atoms with Crippen molar-refractivity contribution < 1.29 is 0 Å². The first-order valence-corrected chi connectivity index (χ1v) is 8.41. The van der Waals surface area contributed by atoms with Gasteiger partial charge in [0, 0.05) is 11.3 Å². The van der Waals surface area contributed by atoms with Crippen LogP contribution in [0.5, 0.6) is 0 Å². The Kier molecular flexibility index (Phi) is 4.02. The van der Waals surface area contributed by atoms with Gasteiger partial charge in [-0.2, -0.15) is 5.10 Å². The van der Waals surface area contributed by atoms with Crippen LogP contribution < -0.4 is 5.56 Å². The van der Waals surface area contributed by atoms with Crippen molar-refractivity contribution in [3.8, 4) is 0 Å². The number of hydrogen-bond acceptors (Lipinski definition) is 4. The molecule has 0 aliphatic rings. The third-order valence-electron chi connectivity index (χ3n) is 3.60. The second-order valence-electron chi connectivity index (χ2n) is 5.53. The molecular formula is C16H18N4OS. The molecule has 5 nitrogen and oxygen atoms in total. The molecule has 114 valence electrons. The molecule has 0 saturated carbocycles. The van der Waals surface area contributed by atoms with E-state index in [-0.39, 0.29) is 11.5 Å². The van der Waals surface area contributed by atoms with Crippen molar-refractivity contribution in [1.29, 1.82) is 0 Å². The molecule has 3 aromatic rings. The van der Waals surface area contributed by atoms with E-state index in [2.05, 4.69) is 58.3 Å². The first kappa shape index (κ1) is 14.8. The Morgan fingerprint density at radius 2 is 1.91 bits per heavy atom. The summed E-state index contributed by atoms with van der Waals surface area (Å²) in [5.41, 5.74) is 2.89. The summed E-state index contributed by atoms with van der Waals surface area (Å²) < 4.78 is 0. The molecule has 0 atom stereocenters. The fourth-order valence-electron chi connectivity index (χ4n) is 2.40. The van der Waals surface area contributed by atoms with E-state index in [4.69, 9.17) is 0 Å². The fourth-order valence-corrected chi connectivity index (χ4v) is 2.81.